The van der Waals surface area contributed by atoms with Gasteiger partial charge in [0.05, 0.1) is 18.6 Å². The fraction of sp³-hybridized carbons (Fsp3) is 0.917. The lowest BCUT2D eigenvalue weighted by atomic mass is 9.92. The highest BCUT2D eigenvalue weighted by Crippen LogP contribution is 2.38. The summed E-state index contributed by atoms with van der Waals surface area (Å²) in [6.45, 7) is 4.08. The molecule has 3 atom stereocenters. The summed E-state index contributed by atoms with van der Waals surface area (Å²) < 4.78 is 11.8. The van der Waals surface area contributed by atoms with Crippen LogP contribution in [0.15, 0.2) is 0 Å². The molecule has 2 fully saturated rings. The Hall–Kier alpha value is -0.410. The molecule has 0 aromatic heterocycles. The minimum atomic E-state index is -0.576. The molecule has 0 N–H and O–H groups in total. The zero-order valence-corrected chi connectivity index (χ0v) is 9.62. The quantitative estimate of drug-likeness (QED) is 0.669. The van der Waals surface area contributed by atoms with E-state index < -0.39 is 5.79 Å². The molecule has 15 heavy (non-hydrogen) atoms. The molecule has 3 heteroatoms. The molecule has 2 heterocycles. The van der Waals surface area contributed by atoms with Crippen molar-refractivity contribution in [2.75, 3.05) is 0 Å². The third-order valence-corrected chi connectivity index (χ3v) is 3.32. The zero-order valence-electron chi connectivity index (χ0n) is 9.62. The first-order valence-electron chi connectivity index (χ1n) is 6.01. The number of carbonyl (C=O) groups is 1. The second kappa shape index (κ2) is 4.22. The van der Waals surface area contributed by atoms with Crippen molar-refractivity contribution < 1.29 is 14.3 Å². The standard InChI is InChI=1S/C12H20O3/c1-3-11-5-4-6-12(15-11)8-10(13)7-9(2)14-12/h9,11H,3-8H2,1-2H3/t9-,11-,12+/m1/s1. The van der Waals surface area contributed by atoms with Crippen LogP contribution in [0.5, 0.6) is 0 Å². The molecule has 0 amide bonds. The third-order valence-electron chi connectivity index (χ3n) is 3.32. The van der Waals surface area contributed by atoms with Crippen LogP contribution in [0, 0.1) is 0 Å². The van der Waals surface area contributed by atoms with E-state index in [9.17, 15) is 4.79 Å². The first-order valence-corrected chi connectivity index (χ1v) is 6.01. The summed E-state index contributed by atoms with van der Waals surface area (Å²) in [6, 6.07) is 0. The molecule has 3 nitrogen and oxygen atoms in total. The predicted molar refractivity (Wildman–Crippen MR) is 56.5 cm³/mol. The van der Waals surface area contributed by atoms with Crippen LogP contribution in [0.1, 0.15) is 52.4 Å². The average Bonchev–Trinajstić information content (AvgIpc) is 2.15. The van der Waals surface area contributed by atoms with E-state index in [2.05, 4.69) is 6.92 Å². The van der Waals surface area contributed by atoms with E-state index in [0.29, 0.717) is 12.8 Å². The van der Waals surface area contributed by atoms with E-state index in [1.54, 1.807) is 0 Å². The second-order valence-corrected chi connectivity index (χ2v) is 4.80. The Morgan fingerprint density at radius 3 is 2.93 bits per heavy atom. The van der Waals surface area contributed by atoms with Gasteiger partial charge in [-0.05, 0) is 26.2 Å². The van der Waals surface area contributed by atoms with Gasteiger partial charge in [-0.1, -0.05) is 6.92 Å². The number of rotatable bonds is 1. The Morgan fingerprint density at radius 2 is 2.27 bits per heavy atom. The Bertz CT molecular complexity index is 251. The molecule has 0 aliphatic carbocycles. The second-order valence-electron chi connectivity index (χ2n) is 4.80. The van der Waals surface area contributed by atoms with Gasteiger partial charge in [-0.15, -0.1) is 0 Å². The summed E-state index contributed by atoms with van der Waals surface area (Å²) in [6.07, 6.45) is 5.38. The van der Waals surface area contributed by atoms with Gasteiger partial charge in [0.15, 0.2) is 5.79 Å². The normalized spacial score (nSPS) is 42.1. The van der Waals surface area contributed by atoms with E-state index in [-0.39, 0.29) is 18.0 Å². The molecule has 2 aliphatic heterocycles. The molecule has 0 saturated carbocycles. The maximum Gasteiger partial charge on any atom is 0.175 e. The molecule has 0 aromatic carbocycles. The summed E-state index contributed by atoms with van der Waals surface area (Å²) >= 11 is 0. The van der Waals surface area contributed by atoms with Gasteiger partial charge in [-0.2, -0.15) is 0 Å². The van der Waals surface area contributed by atoms with Crippen molar-refractivity contribution in [2.24, 2.45) is 0 Å². The molecule has 2 aliphatic rings. The van der Waals surface area contributed by atoms with Crippen molar-refractivity contribution in [3.05, 3.63) is 0 Å². The van der Waals surface area contributed by atoms with Crippen LogP contribution >= 0.6 is 0 Å². The largest absolute Gasteiger partial charge is 0.346 e. The smallest absolute Gasteiger partial charge is 0.175 e. The fourth-order valence-corrected chi connectivity index (χ4v) is 2.67. The Labute approximate surface area is 91.1 Å². The van der Waals surface area contributed by atoms with Crippen LogP contribution in [0.25, 0.3) is 0 Å². The number of hydrogen-bond donors (Lipinski definition) is 0. The van der Waals surface area contributed by atoms with Crippen molar-refractivity contribution >= 4 is 5.78 Å². The van der Waals surface area contributed by atoms with Gasteiger partial charge in [0.2, 0.25) is 0 Å². The molecule has 0 aromatic rings. The van der Waals surface area contributed by atoms with Crippen LogP contribution in [-0.4, -0.2) is 23.8 Å². The van der Waals surface area contributed by atoms with Crippen LogP contribution in [-0.2, 0) is 14.3 Å². The van der Waals surface area contributed by atoms with Crippen LogP contribution < -0.4 is 0 Å². The summed E-state index contributed by atoms with van der Waals surface area (Å²) in [7, 11) is 0. The highest BCUT2D eigenvalue weighted by atomic mass is 16.7. The fourth-order valence-electron chi connectivity index (χ4n) is 2.67. The van der Waals surface area contributed by atoms with Crippen molar-refractivity contribution in [1.82, 2.24) is 0 Å². The van der Waals surface area contributed by atoms with Crippen molar-refractivity contribution in [1.29, 1.82) is 0 Å². The summed E-state index contributed by atoms with van der Waals surface area (Å²) in [5.41, 5.74) is 0. The van der Waals surface area contributed by atoms with E-state index in [0.717, 1.165) is 25.7 Å². The van der Waals surface area contributed by atoms with Gasteiger partial charge in [0, 0.05) is 12.8 Å². The van der Waals surface area contributed by atoms with Crippen molar-refractivity contribution in [3.8, 4) is 0 Å². The van der Waals surface area contributed by atoms with Gasteiger partial charge in [0.1, 0.15) is 5.78 Å². The molecule has 0 unspecified atom stereocenters. The van der Waals surface area contributed by atoms with E-state index in [1.807, 2.05) is 6.92 Å². The summed E-state index contributed by atoms with van der Waals surface area (Å²) in [5.74, 6) is -0.293. The molecule has 0 radical (unpaired) electrons. The summed E-state index contributed by atoms with van der Waals surface area (Å²) in [4.78, 5) is 11.6. The van der Waals surface area contributed by atoms with Gasteiger partial charge in [-0.25, -0.2) is 0 Å². The molecule has 86 valence electrons. The highest BCUT2D eigenvalue weighted by molar-refractivity contribution is 5.80. The average molecular weight is 212 g/mol. The Kier molecular flexibility index (Phi) is 3.12. The molecular weight excluding hydrogens is 192 g/mol. The lowest BCUT2D eigenvalue weighted by Gasteiger charge is -2.44. The predicted octanol–water partition coefficient (Wildman–Crippen LogP) is 2.43. The van der Waals surface area contributed by atoms with Gasteiger partial charge in [0.25, 0.3) is 0 Å². The monoisotopic (exact) mass is 212 g/mol. The molecule has 2 rings (SSSR count). The first kappa shape index (κ1) is 11.1. The van der Waals surface area contributed by atoms with Crippen LogP contribution in [0.4, 0.5) is 0 Å². The lowest BCUT2D eigenvalue weighted by Crippen LogP contribution is -2.49. The first-order chi connectivity index (χ1) is 7.13. The maximum atomic E-state index is 11.6. The number of hydrogen-bond acceptors (Lipinski definition) is 3. The van der Waals surface area contributed by atoms with E-state index in [1.165, 1.54) is 0 Å². The minimum absolute atomic E-state index is 0.0156. The van der Waals surface area contributed by atoms with Gasteiger partial charge >= 0.3 is 0 Å². The number of ether oxygens (including phenoxy) is 2. The third kappa shape index (κ3) is 2.40. The molecule has 2 saturated heterocycles. The van der Waals surface area contributed by atoms with Crippen LogP contribution in [0.2, 0.25) is 0 Å². The Balaban J connectivity index is 2.07. The topological polar surface area (TPSA) is 35.5 Å². The van der Waals surface area contributed by atoms with Gasteiger partial charge < -0.3 is 9.47 Å². The lowest BCUT2D eigenvalue weighted by molar-refractivity contribution is -0.303. The van der Waals surface area contributed by atoms with Gasteiger partial charge in [-0.3, -0.25) is 4.79 Å². The minimum Gasteiger partial charge on any atom is -0.346 e. The Morgan fingerprint density at radius 1 is 1.47 bits per heavy atom. The number of Topliss-reactive ketones (excluding diaryl/α,β-unsaturated/α-hetero) is 1. The SMILES string of the molecule is CC[C@@H]1CCC[C@@]2(CC(=O)C[C@@H](C)O2)O1. The summed E-state index contributed by atoms with van der Waals surface area (Å²) in [5, 5.41) is 0. The van der Waals surface area contributed by atoms with E-state index >= 15 is 0 Å². The number of carbonyl (C=O) groups excluding carboxylic acids is 1. The van der Waals surface area contributed by atoms with Crippen LogP contribution in [0.3, 0.4) is 0 Å². The van der Waals surface area contributed by atoms with Crippen molar-refractivity contribution in [3.63, 3.8) is 0 Å². The molecular formula is C12H20O3. The molecule has 0 bridgehead atoms. The zero-order chi connectivity index (χ0) is 10.9. The van der Waals surface area contributed by atoms with Crippen molar-refractivity contribution in [2.45, 2.75) is 70.4 Å². The molecule has 1 spiro atoms. The van der Waals surface area contributed by atoms with E-state index in [4.69, 9.17) is 9.47 Å². The maximum absolute atomic E-state index is 11.6. The highest BCUT2D eigenvalue weighted by Gasteiger charge is 2.44. The number of ketones is 1.